The van der Waals surface area contributed by atoms with Crippen molar-refractivity contribution in [3.63, 3.8) is 0 Å². The van der Waals surface area contributed by atoms with E-state index in [1.54, 1.807) is 60.7 Å². The molecule has 0 bridgehead atoms. The van der Waals surface area contributed by atoms with Crippen molar-refractivity contribution in [3.8, 4) is 0 Å². The Labute approximate surface area is 229 Å². The second kappa shape index (κ2) is 14.2. The molecule has 2 aliphatic rings. The van der Waals surface area contributed by atoms with Gasteiger partial charge in [0.25, 0.3) is 0 Å². The first-order chi connectivity index (χ1) is 17.8. The molecule has 0 amide bonds. The van der Waals surface area contributed by atoms with Crippen LogP contribution in [0.4, 0.5) is 0 Å². The van der Waals surface area contributed by atoms with E-state index in [9.17, 15) is 61.3 Å². The van der Waals surface area contributed by atoms with Crippen molar-refractivity contribution in [2.75, 3.05) is 0 Å². The minimum absolute atomic E-state index is 0. The highest BCUT2D eigenvalue weighted by atomic mass is 16.4. The number of aliphatic hydroxyl groups is 12. The molecule has 2 fully saturated rings. The fourth-order valence-electron chi connectivity index (χ4n) is 4.95. The summed E-state index contributed by atoms with van der Waals surface area (Å²) < 4.78 is 0. The fourth-order valence-corrected chi connectivity index (χ4v) is 4.95. The zero-order valence-electron chi connectivity index (χ0n) is 21.3. The predicted molar refractivity (Wildman–Crippen MR) is 137 cm³/mol. The minimum Gasteiger partial charge on any atom is -0.412 e. The summed E-state index contributed by atoms with van der Waals surface area (Å²) >= 11 is 0. The Morgan fingerprint density at radius 2 is 0.625 bits per heavy atom. The number of rotatable bonds is 4. The first-order valence-corrected chi connectivity index (χ1v) is 12.1. The van der Waals surface area contributed by atoms with Gasteiger partial charge < -0.3 is 72.2 Å². The average molecular weight is 577 g/mol. The molecule has 4 rings (SSSR count). The summed E-state index contributed by atoms with van der Waals surface area (Å²) in [5.74, 6) is 0. The van der Waals surface area contributed by atoms with Crippen LogP contribution in [0.25, 0.3) is 0 Å². The summed E-state index contributed by atoms with van der Waals surface area (Å²) in [6.07, 6.45) is -17.7. The summed E-state index contributed by atoms with van der Waals surface area (Å²) in [4.78, 5) is 0. The van der Waals surface area contributed by atoms with Crippen molar-refractivity contribution >= 4 is 0 Å². The molecule has 12 atom stereocenters. The molecule has 16 N–H and O–H groups in total. The lowest BCUT2D eigenvalue weighted by Crippen LogP contribution is -2.71. The molecule has 40 heavy (non-hydrogen) atoms. The number of hydrogen-bond acceptors (Lipinski definition) is 12. The molecular formula is C26H40O14. The Bertz CT molecular complexity index is 897. The van der Waals surface area contributed by atoms with Crippen LogP contribution in [0.2, 0.25) is 0 Å². The third kappa shape index (κ3) is 6.84. The molecule has 2 aromatic carbocycles. The molecule has 228 valence electrons. The molecule has 14 nitrogen and oxygen atoms in total. The molecule has 2 aromatic rings. The third-order valence-electron chi connectivity index (χ3n) is 7.40. The standard InChI is InChI=1S/2C13H18O6.2H2O/c2*14-8-9(15)11(17)13(19,12(18)10(8)16)6-7-4-2-1-3-5-7;;/h2*1-5,8-12,14-19H,6H2;2*1H2/t2*8?,9-,10+,11+,12-,13?;;. The molecule has 0 heterocycles. The van der Waals surface area contributed by atoms with Gasteiger partial charge in [-0.25, -0.2) is 0 Å². The molecule has 0 aromatic heterocycles. The van der Waals surface area contributed by atoms with Crippen LogP contribution < -0.4 is 0 Å². The second-order valence-corrected chi connectivity index (χ2v) is 10.0. The van der Waals surface area contributed by atoms with Crippen LogP contribution in [0, 0.1) is 0 Å². The lowest BCUT2D eigenvalue weighted by molar-refractivity contribution is -0.267. The van der Waals surface area contributed by atoms with Crippen molar-refractivity contribution in [3.05, 3.63) is 71.8 Å². The van der Waals surface area contributed by atoms with E-state index in [2.05, 4.69) is 0 Å². The van der Waals surface area contributed by atoms with Crippen LogP contribution >= 0.6 is 0 Å². The van der Waals surface area contributed by atoms with Crippen LogP contribution in [-0.2, 0) is 12.8 Å². The van der Waals surface area contributed by atoms with Crippen molar-refractivity contribution in [1.29, 1.82) is 0 Å². The molecule has 0 radical (unpaired) electrons. The summed E-state index contributed by atoms with van der Waals surface area (Å²) in [6, 6.07) is 17.2. The van der Waals surface area contributed by atoms with Gasteiger partial charge in [-0.05, 0) is 11.1 Å². The van der Waals surface area contributed by atoms with Gasteiger partial charge in [0.05, 0.1) is 0 Å². The molecule has 2 saturated carbocycles. The maximum absolute atomic E-state index is 10.4. The van der Waals surface area contributed by atoms with Gasteiger partial charge in [0.2, 0.25) is 0 Å². The van der Waals surface area contributed by atoms with Crippen LogP contribution in [-0.4, -0.2) is 144 Å². The van der Waals surface area contributed by atoms with Crippen LogP contribution in [0.5, 0.6) is 0 Å². The Balaban J connectivity index is 0.000000381. The SMILES string of the molecule is O.O.OC1[C@@H](O)[C@H](O)C(O)(Cc2ccccc2)[C@H](O)[C@H]1O.OC1[C@@H](O)[C@H](O)C(O)(Cc2ccccc2)[C@H](O)[C@H]1O. The highest BCUT2D eigenvalue weighted by Crippen LogP contribution is 2.34. The Hall–Kier alpha value is -2.12. The highest BCUT2D eigenvalue weighted by Gasteiger charge is 2.58. The summed E-state index contributed by atoms with van der Waals surface area (Å²) in [5, 5.41) is 118. The van der Waals surface area contributed by atoms with E-state index in [0.717, 1.165) is 0 Å². The topological polar surface area (TPSA) is 306 Å². The molecule has 0 aliphatic heterocycles. The zero-order valence-corrected chi connectivity index (χ0v) is 21.3. The van der Waals surface area contributed by atoms with Crippen LogP contribution in [0.3, 0.4) is 0 Å². The monoisotopic (exact) mass is 576 g/mol. The van der Waals surface area contributed by atoms with Gasteiger partial charge in [-0.2, -0.15) is 0 Å². The van der Waals surface area contributed by atoms with Crippen LogP contribution in [0.1, 0.15) is 11.1 Å². The lowest BCUT2D eigenvalue weighted by Gasteiger charge is -2.47. The number of benzene rings is 2. The summed E-state index contributed by atoms with van der Waals surface area (Å²) in [7, 11) is 0. The van der Waals surface area contributed by atoms with E-state index < -0.39 is 72.2 Å². The quantitative estimate of drug-likeness (QED) is 0.162. The van der Waals surface area contributed by atoms with Gasteiger partial charge in [0.1, 0.15) is 72.2 Å². The third-order valence-corrected chi connectivity index (χ3v) is 7.40. The fraction of sp³-hybridized carbons (Fsp3) is 0.538. The van der Waals surface area contributed by atoms with E-state index in [1.807, 2.05) is 0 Å². The summed E-state index contributed by atoms with van der Waals surface area (Å²) in [6.45, 7) is 0. The largest absolute Gasteiger partial charge is 0.412 e. The van der Waals surface area contributed by atoms with Crippen molar-refractivity contribution in [2.24, 2.45) is 0 Å². The maximum atomic E-state index is 10.4. The van der Waals surface area contributed by atoms with Gasteiger partial charge in [-0.1, -0.05) is 60.7 Å². The minimum atomic E-state index is -2.13. The smallest absolute Gasteiger partial charge is 0.125 e. The van der Waals surface area contributed by atoms with Gasteiger partial charge in [-0.15, -0.1) is 0 Å². The predicted octanol–water partition coefficient (Wildman–Crippen LogP) is -6.09. The molecule has 2 aliphatic carbocycles. The summed E-state index contributed by atoms with van der Waals surface area (Å²) in [5.41, 5.74) is -3.00. The Morgan fingerprint density at radius 3 is 0.850 bits per heavy atom. The molecule has 0 saturated heterocycles. The Kier molecular flexibility index (Phi) is 12.7. The Morgan fingerprint density at radius 1 is 0.400 bits per heavy atom. The molecule has 14 heteroatoms. The van der Waals surface area contributed by atoms with Gasteiger partial charge in [0, 0.05) is 12.8 Å². The first kappa shape index (κ1) is 35.9. The normalized spacial score (nSPS) is 41.0. The highest BCUT2D eigenvalue weighted by molar-refractivity contribution is 5.22. The van der Waals surface area contributed by atoms with Crippen molar-refractivity contribution in [1.82, 2.24) is 0 Å². The van der Waals surface area contributed by atoms with Gasteiger partial charge in [0.15, 0.2) is 0 Å². The first-order valence-electron chi connectivity index (χ1n) is 12.1. The lowest BCUT2D eigenvalue weighted by atomic mass is 9.72. The maximum Gasteiger partial charge on any atom is 0.125 e. The van der Waals surface area contributed by atoms with Crippen molar-refractivity contribution < 1.29 is 72.2 Å². The second-order valence-electron chi connectivity index (χ2n) is 10.0. The molecule has 0 spiro atoms. The van der Waals surface area contributed by atoms with Gasteiger partial charge in [-0.3, -0.25) is 0 Å². The van der Waals surface area contributed by atoms with Crippen LogP contribution in [0.15, 0.2) is 60.7 Å². The zero-order chi connectivity index (χ0) is 28.4. The van der Waals surface area contributed by atoms with E-state index in [0.29, 0.717) is 11.1 Å². The van der Waals surface area contributed by atoms with Crippen molar-refractivity contribution in [2.45, 2.75) is 85.1 Å². The van der Waals surface area contributed by atoms with E-state index in [-0.39, 0.29) is 23.8 Å². The number of aliphatic hydroxyl groups excluding tert-OH is 10. The van der Waals surface area contributed by atoms with E-state index in [4.69, 9.17) is 0 Å². The molecular weight excluding hydrogens is 536 g/mol. The van der Waals surface area contributed by atoms with E-state index in [1.165, 1.54) is 0 Å². The molecule has 4 unspecified atom stereocenters. The van der Waals surface area contributed by atoms with E-state index >= 15 is 0 Å². The average Bonchev–Trinajstić information content (AvgIpc) is 2.93. The van der Waals surface area contributed by atoms with Gasteiger partial charge >= 0.3 is 0 Å². The number of hydrogen-bond donors (Lipinski definition) is 12.